The third-order valence-electron chi connectivity index (χ3n) is 5.95. The molecule has 1 aliphatic heterocycles. The predicted octanol–water partition coefficient (Wildman–Crippen LogP) is 4.14. The first kappa shape index (κ1) is 17.9. The molecule has 0 bridgehead atoms. The van der Waals surface area contributed by atoms with Crippen LogP contribution in [0, 0.1) is 0 Å². The molecule has 0 spiro atoms. The summed E-state index contributed by atoms with van der Waals surface area (Å²) in [5.74, 6) is 0.803. The smallest absolute Gasteiger partial charge is 0.140 e. The van der Waals surface area contributed by atoms with Gasteiger partial charge in [0.15, 0.2) is 0 Å². The van der Waals surface area contributed by atoms with Gasteiger partial charge in [-0.25, -0.2) is 9.97 Å². The molecule has 0 unspecified atom stereocenters. The largest absolute Gasteiger partial charge is 0.397 e. The normalized spacial score (nSPS) is 14.5. The number of aromatic amines is 2. The van der Waals surface area contributed by atoms with Crippen molar-refractivity contribution in [1.29, 1.82) is 0 Å². The summed E-state index contributed by atoms with van der Waals surface area (Å²) in [7, 11) is 0. The van der Waals surface area contributed by atoms with Crippen LogP contribution in [0.25, 0.3) is 44.6 Å². The maximum absolute atomic E-state index is 5.91. The minimum atomic E-state index is 0.627. The Morgan fingerprint density at radius 3 is 2.61 bits per heavy atom. The van der Waals surface area contributed by atoms with Gasteiger partial charge in [-0.15, -0.1) is 0 Å². The van der Waals surface area contributed by atoms with Crippen LogP contribution in [0.4, 0.5) is 11.4 Å². The van der Waals surface area contributed by atoms with Crippen LogP contribution in [-0.2, 0) is 0 Å². The number of rotatable bonds is 3. The van der Waals surface area contributed by atoms with Gasteiger partial charge in [0.1, 0.15) is 17.0 Å². The standard InChI is InChI=1S/C23H22N8/c24-16-6-14(8-25-10-16)15-7-17-18(11-28-22(17)27-9-15)23-29-19-12-26-13-20(21(19)30-23)31-4-2-1-3-5-31/h6-13H,1-5,24H2,(H,27,28)(H,29,30). The number of pyridine rings is 3. The second-order valence-electron chi connectivity index (χ2n) is 8.02. The van der Waals surface area contributed by atoms with E-state index in [0.717, 1.165) is 63.4 Å². The number of anilines is 2. The van der Waals surface area contributed by atoms with E-state index in [1.165, 1.54) is 19.3 Å². The van der Waals surface area contributed by atoms with Gasteiger partial charge in [0.25, 0.3) is 0 Å². The summed E-state index contributed by atoms with van der Waals surface area (Å²) in [6.07, 6.45) is 14.7. The summed E-state index contributed by atoms with van der Waals surface area (Å²) in [4.78, 5) is 27.3. The molecule has 0 radical (unpaired) electrons. The van der Waals surface area contributed by atoms with Crippen molar-refractivity contribution in [1.82, 2.24) is 29.9 Å². The molecule has 5 aromatic heterocycles. The Balaban J connectivity index is 1.46. The number of piperidine rings is 1. The van der Waals surface area contributed by atoms with E-state index in [4.69, 9.17) is 10.7 Å². The van der Waals surface area contributed by atoms with Crippen molar-refractivity contribution in [3.05, 3.63) is 49.3 Å². The molecule has 0 aliphatic carbocycles. The van der Waals surface area contributed by atoms with E-state index < -0.39 is 0 Å². The van der Waals surface area contributed by atoms with Gasteiger partial charge in [0, 0.05) is 60.0 Å². The quantitative estimate of drug-likeness (QED) is 0.412. The Hall–Kier alpha value is -3.94. The van der Waals surface area contributed by atoms with E-state index in [1.54, 1.807) is 12.4 Å². The van der Waals surface area contributed by atoms with E-state index in [9.17, 15) is 0 Å². The summed E-state index contributed by atoms with van der Waals surface area (Å²) < 4.78 is 0. The van der Waals surface area contributed by atoms with Crippen molar-refractivity contribution in [2.24, 2.45) is 0 Å². The first-order chi connectivity index (χ1) is 15.3. The molecule has 4 N–H and O–H groups in total. The molecule has 0 saturated carbocycles. The average molecular weight is 410 g/mol. The van der Waals surface area contributed by atoms with E-state index in [2.05, 4.69) is 35.9 Å². The van der Waals surface area contributed by atoms with Crippen LogP contribution in [0.1, 0.15) is 19.3 Å². The van der Waals surface area contributed by atoms with Crippen molar-refractivity contribution < 1.29 is 0 Å². The summed E-state index contributed by atoms with van der Waals surface area (Å²) in [5, 5.41) is 0.992. The van der Waals surface area contributed by atoms with Crippen molar-refractivity contribution in [2.75, 3.05) is 23.7 Å². The lowest BCUT2D eigenvalue weighted by molar-refractivity contribution is 0.578. The number of nitrogens with zero attached hydrogens (tertiary/aromatic N) is 5. The van der Waals surface area contributed by atoms with Crippen LogP contribution in [0.3, 0.4) is 0 Å². The second-order valence-corrected chi connectivity index (χ2v) is 8.02. The van der Waals surface area contributed by atoms with E-state index in [0.29, 0.717) is 5.69 Å². The molecule has 6 rings (SSSR count). The highest BCUT2D eigenvalue weighted by Gasteiger charge is 2.18. The SMILES string of the molecule is Nc1cncc(-c2cnc3[nH]cc(-c4nc5c(N6CCCCC6)cncc5[nH]4)c3c2)c1. The number of hydrogen-bond acceptors (Lipinski definition) is 6. The number of H-pyrrole nitrogens is 2. The Labute approximate surface area is 178 Å². The molecule has 31 heavy (non-hydrogen) atoms. The van der Waals surface area contributed by atoms with E-state index in [1.807, 2.05) is 30.9 Å². The molecule has 154 valence electrons. The average Bonchev–Trinajstić information content (AvgIpc) is 3.43. The molecule has 1 saturated heterocycles. The number of nitrogen functional groups attached to an aromatic ring is 1. The Kier molecular flexibility index (Phi) is 4.09. The van der Waals surface area contributed by atoms with Gasteiger partial charge in [-0.05, 0) is 31.4 Å². The maximum Gasteiger partial charge on any atom is 0.140 e. The highest BCUT2D eigenvalue weighted by atomic mass is 15.2. The molecule has 8 heteroatoms. The van der Waals surface area contributed by atoms with Crippen LogP contribution < -0.4 is 10.6 Å². The molecule has 1 aliphatic rings. The third-order valence-corrected chi connectivity index (χ3v) is 5.95. The molecule has 0 atom stereocenters. The Morgan fingerprint density at radius 2 is 1.74 bits per heavy atom. The highest BCUT2D eigenvalue weighted by molar-refractivity contribution is 5.97. The van der Waals surface area contributed by atoms with Crippen LogP contribution >= 0.6 is 0 Å². The molecule has 1 fully saturated rings. The second kappa shape index (κ2) is 7.09. The van der Waals surface area contributed by atoms with Gasteiger partial charge >= 0.3 is 0 Å². The van der Waals surface area contributed by atoms with Crippen LogP contribution in [0.15, 0.2) is 49.3 Å². The zero-order chi connectivity index (χ0) is 20.8. The fourth-order valence-electron chi connectivity index (χ4n) is 4.39. The lowest BCUT2D eigenvalue weighted by Gasteiger charge is -2.28. The van der Waals surface area contributed by atoms with Gasteiger partial charge in [-0.2, -0.15) is 0 Å². The van der Waals surface area contributed by atoms with Crippen molar-refractivity contribution in [2.45, 2.75) is 19.3 Å². The minimum Gasteiger partial charge on any atom is -0.397 e. The zero-order valence-corrected chi connectivity index (χ0v) is 17.0. The third kappa shape index (κ3) is 3.07. The Morgan fingerprint density at radius 1 is 0.903 bits per heavy atom. The number of aromatic nitrogens is 6. The van der Waals surface area contributed by atoms with Crippen molar-refractivity contribution in [3.63, 3.8) is 0 Å². The number of nitrogens with one attached hydrogen (secondary N) is 2. The van der Waals surface area contributed by atoms with Crippen molar-refractivity contribution in [3.8, 4) is 22.5 Å². The number of hydrogen-bond donors (Lipinski definition) is 3. The van der Waals surface area contributed by atoms with Gasteiger partial charge in [-0.3, -0.25) is 9.97 Å². The Bertz CT molecular complexity index is 1390. The monoisotopic (exact) mass is 410 g/mol. The molecular formula is C23H22N8. The first-order valence-electron chi connectivity index (χ1n) is 10.5. The van der Waals surface area contributed by atoms with Crippen molar-refractivity contribution >= 4 is 33.4 Å². The lowest BCUT2D eigenvalue weighted by atomic mass is 10.1. The molecule has 0 amide bonds. The van der Waals surface area contributed by atoms with Crippen LogP contribution in [0.5, 0.6) is 0 Å². The molecule has 8 nitrogen and oxygen atoms in total. The summed E-state index contributed by atoms with van der Waals surface area (Å²) in [6.45, 7) is 2.11. The van der Waals surface area contributed by atoms with Crippen LogP contribution in [-0.4, -0.2) is 43.0 Å². The molecular weight excluding hydrogens is 388 g/mol. The summed E-state index contributed by atoms with van der Waals surface area (Å²) in [5.41, 5.74) is 13.2. The molecule has 5 aromatic rings. The van der Waals surface area contributed by atoms with Gasteiger partial charge in [0.05, 0.1) is 29.3 Å². The van der Waals surface area contributed by atoms with Crippen LogP contribution in [0.2, 0.25) is 0 Å². The highest BCUT2D eigenvalue weighted by Crippen LogP contribution is 2.33. The predicted molar refractivity (Wildman–Crippen MR) is 123 cm³/mol. The van der Waals surface area contributed by atoms with E-state index >= 15 is 0 Å². The maximum atomic E-state index is 5.91. The first-order valence-corrected chi connectivity index (χ1v) is 10.5. The fraction of sp³-hybridized carbons (Fsp3) is 0.217. The lowest BCUT2D eigenvalue weighted by Crippen LogP contribution is -2.29. The van der Waals surface area contributed by atoms with E-state index in [-0.39, 0.29) is 0 Å². The molecule has 6 heterocycles. The minimum absolute atomic E-state index is 0.627. The zero-order valence-electron chi connectivity index (χ0n) is 17.0. The summed E-state index contributed by atoms with van der Waals surface area (Å²) >= 11 is 0. The fourth-order valence-corrected chi connectivity index (χ4v) is 4.39. The topological polar surface area (TPSA) is 112 Å². The van der Waals surface area contributed by atoms with Gasteiger partial charge in [0.2, 0.25) is 0 Å². The number of imidazole rings is 1. The number of fused-ring (bicyclic) bond motifs is 2. The van der Waals surface area contributed by atoms with Gasteiger partial charge in [-0.1, -0.05) is 0 Å². The number of nitrogens with two attached hydrogens (primary N) is 1. The summed E-state index contributed by atoms with van der Waals surface area (Å²) in [6, 6.07) is 4.00. The molecule has 0 aromatic carbocycles. The van der Waals surface area contributed by atoms with Gasteiger partial charge < -0.3 is 20.6 Å².